The summed E-state index contributed by atoms with van der Waals surface area (Å²) in [5.74, 6) is -1.11. The molecule has 17 nitrogen and oxygen atoms in total. The van der Waals surface area contributed by atoms with E-state index < -0.39 is 29.5 Å². The highest BCUT2D eigenvalue weighted by Gasteiger charge is 2.44. The zero-order valence-corrected chi connectivity index (χ0v) is 50.8. The van der Waals surface area contributed by atoms with Crippen LogP contribution in [0.5, 0.6) is 0 Å². The molecule has 3 aromatic heterocycles. The number of hydrogen-bond donors (Lipinski definition) is 4. The van der Waals surface area contributed by atoms with Crippen LogP contribution >= 0.6 is 11.3 Å². The number of ether oxygens (including phenoxy) is 3. The van der Waals surface area contributed by atoms with Crippen LogP contribution in [0.1, 0.15) is 122 Å². The van der Waals surface area contributed by atoms with Gasteiger partial charge in [-0.3, -0.25) is 33.8 Å². The molecule has 6 aromatic rings. The third-order valence-corrected chi connectivity index (χ3v) is 17.8. The molecule has 0 bridgehead atoms. The highest BCUT2D eigenvalue weighted by molar-refractivity contribution is 7.13. The predicted molar refractivity (Wildman–Crippen MR) is 329 cm³/mol. The third kappa shape index (κ3) is 16.3. The van der Waals surface area contributed by atoms with Crippen LogP contribution in [-0.4, -0.2) is 155 Å². The first-order chi connectivity index (χ1) is 40.5. The van der Waals surface area contributed by atoms with Gasteiger partial charge in [-0.2, -0.15) is 0 Å². The second-order valence-corrected chi connectivity index (χ2v) is 25.1. The SMILES string of the molecule is Cc1cc(C)c(CNC(=O)c2cc(-c3ccc(CN4CCN(CCOCCCOCCCOCC(=O)N[C@H](C(=O)N5C[C@H](O)C[C@H]5C(=O)CCc5ccc(-c6scnc6C)cc5)C(C)(C)C)CC4)cc3)cc3c2ccn3C2CCCC2)c(=O)[nH]1. The zero-order valence-electron chi connectivity index (χ0n) is 50.0. The Morgan fingerprint density at radius 2 is 1.48 bits per heavy atom. The summed E-state index contributed by atoms with van der Waals surface area (Å²) in [6, 6.07) is 23.8. The number of Topliss-reactive ketones (excluding diaryl/α,β-unsaturated/α-hetero) is 1. The number of β-amino-alcohol motifs (C(OH)–C–C–N with tert-alkyl or cyclic N) is 1. The molecule has 2 aliphatic heterocycles. The van der Waals surface area contributed by atoms with Crippen molar-refractivity contribution in [2.24, 2.45) is 5.41 Å². The molecule has 450 valence electrons. The van der Waals surface area contributed by atoms with Crippen LogP contribution < -0.4 is 16.2 Å². The number of benzene rings is 3. The number of aromatic nitrogens is 3. The highest BCUT2D eigenvalue weighted by atomic mass is 32.1. The molecule has 3 atom stereocenters. The van der Waals surface area contributed by atoms with Crippen LogP contribution in [0.4, 0.5) is 0 Å². The van der Waals surface area contributed by atoms with E-state index >= 15 is 0 Å². The molecule has 18 heteroatoms. The van der Waals surface area contributed by atoms with Crippen LogP contribution in [0.15, 0.2) is 89.3 Å². The number of rotatable bonds is 27. The summed E-state index contributed by atoms with van der Waals surface area (Å²) in [6.45, 7) is 19.6. The fraction of sp³-hybridized carbons (Fsp3) is 0.515. The van der Waals surface area contributed by atoms with Gasteiger partial charge < -0.3 is 44.4 Å². The summed E-state index contributed by atoms with van der Waals surface area (Å²) in [4.78, 5) is 82.2. The normalized spacial score (nSPS) is 17.5. The molecule has 3 aliphatic rings. The second kappa shape index (κ2) is 29.1. The maximum atomic E-state index is 14.0. The van der Waals surface area contributed by atoms with Crippen molar-refractivity contribution in [3.8, 4) is 21.6 Å². The van der Waals surface area contributed by atoms with E-state index in [0.717, 1.165) is 114 Å². The van der Waals surface area contributed by atoms with Crippen LogP contribution in [0.3, 0.4) is 0 Å². The lowest BCUT2D eigenvalue weighted by molar-refractivity contribution is -0.144. The fourth-order valence-corrected chi connectivity index (χ4v) is 12.8. The molecule has 3 amide bonds. The molecule has 3 fully saturated rings. The van der Waals surface area contributed by atoms with Gasteiger partial charge in [0.1, 0.15) is 12.6 Å². The van der Waals surface area contributed by atoms with Crippen LogP contribution in [0.25, 0.3) is 32.5 Å². The Bertz CT molecular complexity index is 3240. The molecule has 2 saturated heterocycles. The molecule has 1 saturated carbocycles. The number of aliphatic hydroxyl groups is 1. The third-order valence-electron chi connectivity index (χ3n) is 16.8. The number of nitrogens with one attached hydrogen (secondary N) is 3. The van der Waals surface area contributed by atoms with Gasteiger partial charge in [0.05, 0.1) is 34.8 Å². The number of hydrogen-bond acceptors (Lipinski definition) is 13. The molecular formula is C66H86N8O9S. The summed E-state index contributed by atoms with van der Waals surface area (Å²) >= 11 is 1.59. The number of pyridine rings is 1. The quantitative estimate of drug-likeness (QED) is 0.0358. The van der Waals surface area contributed by atoms with Gasteiger partial charge in [0.15, 0.2) is 5.78 Å². The molecule has 84 heavy (non-hydrogen) atoms. The molecule has 1 aliphatic carbocycles. The van der Waals surface area contributed by atoms with E-state index in [2.05, 4.69) is 77.6 Å². The number of amides is 3. The van der Waals surface area contributed by atoms with Gasteiger partial charge in [0.2, 0.25) is 11.8 Å². The number of fused-ring (bicyclic) bond motifs is 1. The van der Waals surface area contributed by atoms with Crippen LogP contribution in [0, 0.1) is 26.2 Å². The van der Waals surface area contributed by atoms with Crippen molar-refractivity contribution >= 4 is 45.7 Å². The van der Waals surface area contributed by atoms with Crippen LogP contribution in [0.2, 0.25) is 0 Å². The van der Waals surface area contributed by atoms with Gasteiger partial charge in [0, 0.05) is 132 Å². The van der Waals surface area contributed by atoms with Gasteiger partial charge in [-0.05, 0) is 116 Å². The van der Waals surface area contributed by atoms with E-state index in [-0.39, 0.29) is 55.7 Å². The Morgan fingerprint density at radius 3 is 2.15 bits per heavy atom. The average molecular weight is 1170 g/mol. The number of carbonyl (C=O) groups is 4. The molecule has 0 spiro atoms. The number of thiazole rings is 1. The van der Waals surface area contributed by atoms with E-state index in [1.165, 1.54) is 23.3 Å². The summed E-state index contributed by atoms with van der Waals surface area (Å²) in [5.41, 5.74) is 11.3. The first-order valence-electron chi connectivity index (χ1n) is 30.2. The van der Waals surface area contributed by atoms with Gasteiger partial charge in [-0.1, -0.05) is 82.1 Å². The van der Waals surface area contributed by atoms with Gasteiger partial charge in [0.25, 0.3) is 11.5 Å². The Morgan fingerprint density at radius 1 is 0.810 bits per heavy atom. The first kappa shape index (κ1) is 62.2. The summed E-state index contributed by atoms with van der Waals surface area (Å²) in [5, 5.41) is 17.5. The van der Waals surface area contributed by atoms with E-state index in [1.54, 1.807) is 11.3 Å². The van der Waals surface area contributed by atoms with Crippen molar-refractivity contribution in [3.05, 3.63) is 134 Å². The van der Waals surface area contributed by atoms with Crippen molar-refractivity contribution < 1.29 is 38.5 Å². The number of aryl methyl sites for hydroxylation is 4. The largest absolute Gasteiger partial charge is 0.391 e. The molecule has 0 radical (unpaired) electrons. The Hall–Kier alpha value is -6.38. The van der Waals surface area contributed by atoms with Crippen LogP contribution in [-0.2, 0) is 48.1 Å². The lowest BCUT2D eigenvalue weighted by atomic mass is 9.85. The number of aromatic amines is 1. The Kier molecular flexibility index (Phi) is 21.6. The second-order valence-electron chi connectivity index (χ2n) is 24.2. The standard InChI is InChI=1S/C66H86N8O9S/c1-44-35-45(2)69-64(79)56(44)39-67-63(78)55-36-51(37-57-54(55)23-24-73(57)52-11-7-8-12-52)49-18-15-48(16-19-49)40-72-27-25-71(26-28-72)29-34-82-32-9-30-81-31-10-33-83-42-60(77)70-62(66(4,5)6)65(80)74-41-53(75)38-58(74)59(76)22-17-47-13-20-50(21-14-47)61-46(3)68-43-84-61/h13-16,18-21,23-24,35-37,43,52-53,58,62,75H,7-12,17,22,25-34,38-42H2,1-6H3,(H,67,78)(H,69,79)(H,70,77)/t53-,58+,62-/m1/s1. The Balaban J connectivity index is 0.630. The number of ketones is 1. The maximum Gasteiger partial charge on any atom is 0.253 e. The van der Waals surface area contributed by atoms with E-state index in [9.17, 15) is 29.1 Å². The maximum absolute atomic E-state index is 14.0. The smallest absolute Gasteiger partial charge is 0.253 e. The van der Waals surface area contributed by atoms with Crippen molar-refractivity contribution in [3.63, 3.8) is 0 Å². The number of nitrogens with zero attached hydrogens (tertiary/aromatic N) is 5. The average Bonchev–Trinajstić information content (AvgIpc) is 4.52. The number of H-pyrrole nitrogens is 1. The monoisotopic (exact) mass is 1170 g/mol. The topological polar surface area (TPSA) is 201 Å². The predicted octanol–water partition coefficient (Wildman–Crippen LogP) is 8.73. The van der Waals surface area contributed by atoms with Crippen molar-refractivity contribution in [1.82, 2.24) is 39.9 Å². The minimum atomic E-state index is -0.916. The fourth-order valence-electron chi connectivity index (χ4n) is 12.0. The Labute approximate surface area is 498 Å². The van der Waals surface area contributed by atoms with E-state index in [0.29, 0.717) is 63.0 Å². The van der Waals surface area contributed by atoms with Gasteiger partial charge in [-0.15, -0.1) is 11.3 Å². The summed E-state index contributed by atoms with van der Waals surface area (Å²) < 4.78 is 19.8. The van der Waals surface area contributed by atoms with Gasteiger partial charge in [-0.25, -0.2) is 4.98 Å². The summed E-state index contributed by atoms with van der Waals surface area (Å²) in [6.07, 6.45) is 8.30. The zero-order chi connectivity index (χ0) is 59.3. The van der Waals surface area contributed by atoms with Crippen molar-refractivity contribution in [2.45, 2.75) is 137 Å². The lowest BCUT2D eigenvalue weighted by Gasteiger charge is -2.35. The molecule has 0 unspecified atom stereocenters. The number of aliphatic hydroxyl groups excluding tert-OH is 1. The van der Waals surface area contributed by atoms with E-state index in [1.807, 2.05) is 83.5 Å². The number of carbonyl (C=O) groups excluding carboxylic acids is 4. The molecule has 5 heterocycles. The molecule has 3 aromatic carbocycles. The molecule has 4 N–H and O–H groups in total. The van der Waals surface area contributed by atoms with Crippen molar-refractivity contribution in [1.29, 1.82) is 0 Å². The molecular weight excluding hydrogens is 1080 g/mol. The number of likely N-dealkylation sites (tertiary alicyclic amines) is 1. The molecule has 9 rings (SSSR count). The lowest BCUT2D eigenvalue weighted by Crippen LogP contribution is -2.57. The highest BCUT2D eigenvalue weighted by Crippen LogP contribution is 2.37. The first-order valence-corrected chi connectivity index (χ1v) is 31.1. The van der Waals surface area contributed by atoms with Gasteiger partial charge >= 0.3 is 0 Å². The minimum Gasteiger partial charge on any atom is -0.391 e. The minimum absolute atomic E-state index is 0.0363. The van der Waals surface area contributed by atoms with E-state index in [4.69, 9.17) is 14.2 Å². The number of piperazine rings is 1. The summed E-state index contributed by atoms with van der Waals surface area (Å²) in [7, 11) is 0. The van der Waals surface area contributed by atoms with Crippen molar-refractivity contribution in [2.75, 3.05) is 78.9 Å².